The van der Waals surface area contributed by atoms with Crippen molar-refractivity contribution in [1.82, 2.24) is 19.5 Å². The zero-order chi connectivity index (χ0) is 40.3. The molecule has 0 aliphatic carbocycles. The first kappa shape index (κ1) is 34.8. The monoisotopic (exact) mass is 776 g/mol. The minimum atomic E-state index is 0.612. The van der Waals surface area contributed by atoms with E-state index >= 15 is 0 Å². The van der Waals surface area contributed by atoms with Crippen LogP contribution in [0.5, 0.6) is 0 Å². The number of fused-ring (bicyclic) bond motifs is 9. The van der Waals surface area contributed by atoms with E-state index in [1.807, 2.05) is 0 Å². The molecule has 0 aliphatic rings. The van der Waals surface area contributed by atoms with E-state index in [2.05, 4.69) is 223 Å². The average molecular weight is 777 g/mol. The lowest BCUT2D eigenvalue weighted by Crippen LogP contribution is -2.01. The fourth-order valence-electron chi connectivity index (χ4n) is 9.22. The van der Waals surface area contributed by atoms with Crippen molar-refractivity contribution < 1.29 is 0 Å². The lowest BCUT2D eigenvalue weighted by atomic mass is 9.93. The highest BCUT2D eigenvalue weighted by atomic mass is 15.0. The van der Waals surface area contributed by atoms with Gasteiger partial charge in [0.15, 0.2) is 17.5 Å². The maximum absolute atomic E-state index is 5.30. The Morgan fingerprint density at radius 2 is 0.656 bits per heavy atom. The molecular weight excluding hydrogens is 741 g/mol. The Balaban J connectivity index is 1.07. The lowest BCUT2D eigenvalue weighted by Gasteiger charge is -2.14. The van der Waals surface area contributed by atoms with Crippen molar-refractivity contribution in [3.63, 3.8) is 0 Å². The second-order valence-electron chi connectivity index (χ2n) is 15.6. The summed E-state index contributed by atoms with van der Waals surface area (Å²) in [5, 5.41) is 9.73. The second kappa shape index (κ2) is 14.3. The predicted molar refractivity (Wildman–Crippen MR) is 254 cm³/mol. The summed E-state index contributed by atoms with van der Waals surface area (Å²) >= 11 is 0. The molecule has 12 rings (SSSR count). The van der Waals surface area contributed by atoms with E-state index < -0.39 is 0 Å². The number of aromatic nitrogens is 4. The average Bonchev–Trinajstić information content (AvgIpc) is 3.68. The minimum absolute atomic E-state index is 0.612. The summed E-state index contributed by atoms with van der Waals surface area (Å²) in [4.78, 5) is 15.9. The highest BCUT2D eigenvalue weighted by molar-refractivity contribution is 6.25. The largest absolute Gasteiger partial charge is 0.309 e. The minimum Gasteiger partial charge on any atom is -0.309 e. The molecule has 12 aromatic rings. The lowest BCUT2D eigenvalue weighted by molar-refractivity contribution is 1.07. The molecule has 61 heavy (non-hydrogen) atoms. The molecular formula is C57H36N4. The molecule has 2 heterocycles. The Labute approximate surface area is 352 Å². The first-order valence-corrected chi connectivity index (χ1v) is 20.7. The van der Waals surface area contributed by atoms with Gasteiger partial charge in [0.25, 0.3) is 0 Å². The molecule has 0 unspecified atom stereocenters. The zero-order valence-corrected chi connectivity index (χ0v) is 33.1. The molecule has 2 aromatic heterocycles. The van der Waals surface area contributed by atoms with Crippen LogP contribution in [-0.4, -0.2) is 19.5 Å². The first-order chi connectivity index (χ1) is 30.2. The molecule has 4 heteroatoms. The van der Waals surface area contributed by atoms with Gasteiger partial charge in [-0.3, -0.25) is 0 Å². The van der Waals surface area contributed by atoms with Crippen LogP contribution in [0.1, 0.15) is 0 Å². The molecule has 0 bridgehead atoms. The number of benzene rings is 10. The van der Waals surface area contributed by atoms with Crippen LogP contribution >= 0.6 is 0 Å². The molecule has 0 atom stereocenters. The van der Waals surface area contributed by atoms with E-state index in [1.54, 1.807) is 0 Å². The van der Waals surface area contributed by atoms with Crippen LogP contribution < -0.4 is 0 Å². The topological polar surface area (TPSA) is 43.6 Å². The molecule has 0 radical (unpaired) electrons. The number of hydrogen-bond acceptors (Lipinski definition) is 3. The molecule has 4 nitrogen and oxygen atoms in total. The molecule has 0 saturated heterocycles. The summed E-state index contributed by atoms with van der Waals surface area (Å²) in [5.74, 6) is 1.85. The Morgan fingerprint density at radius 3 is 1.26 bits per heavy atom. The third-order valence-corrected chi connectivity index (χ3v) is 12.0. The Kier molecular flexibility index (Phi) is 8.13. The van der Waals surface area contributed by atoms with Crippen LogP contribution in [-0.2, 0) is 0 Å². The van der Waals surface area contributed by atoms with Gasteiger partial charge in [0.05, 0.1) is 11.0 Å². The zero-order valence-electron chi connectivity index (χ0n) is 33.1. The van der Waals surface area contributed by atoms with E-state index in [1.165, 1.54) is 54.2 Å². The first-order valence-electron chi connectivity index (χ1n) is 20.7. The van der Waals surface area contributed by atoms with Gasteiger partial charge in [0.2, 0.25) is 0 Å². The Hall–Kier alpha value is -8.21. The van der Waals surface area contributed by atoms with Crippen molar-refractivity contribution in [2.75, 3.05) is 0 Å². The van der Waals surface area contributed by atoms with Crippen molar-refractivity contribution in [3.8, 4) is 62.1 Å². The smallest absolute Gasteiger partial charge is 0.164 e. The number of nitrogens with zero attached hydrogens (tertiary/aromatic N) is 4. The van der Waals surface area contributed by atoms with Crippen molar-refractivity contribution in [2.24, 2.45) is 0 Å². The van der Waals surface area contributed by atoms with Crippen LogP contribution in [0.15, 0.2) is 218 Å². The molecule has 0 saturated carbocycles. The quantitative estimate of drug-likeness (QED) is 0.158. The standard InChI is InChI=1S/C57H36N4/c1-2-16-37(17-3-1)43-22-4-5-23-44(43)38-18-14-19-39(34-38)55-58-56(40-20-15-21-42(35-40)61-53-30-12-10-28-50(53)51-29-11-13-31-54(51)61)60-57(59-55)41-32-33-49-47-26-7-6-24-45(47)46-25-8-9-27-48(46)52(49)36-41/h1-36H. The van der Waals surface area contributed by atoms with E-state index in [-0.39, 0.29) is 0 Å². The maximum atomic E-state index is 5.30. The van der Waals surface area contributed by atoms with Gasteiger partial charge in [-0.05, 0) is 91.0 Å². The van der Waals surface area contributed by atoms with Gasteiger partial charge < -0.3 is 4.57 Å². The van der Waals surface area contributed by atoms with Crippen molar-refractivity contribution in [3.05, 3.63) is 218 Å². The number of rotatable bonds is 6. The van der Waals surface area contributed by atoms with E-state index in [4.69, 9.17) is 15.0 Å². The van der Waals surface area contributed by atoms with Gasteiger partial charge >= 0.3 is 0 Å². The van der Waals surface area contributed by atoms with E-state index in [9.17, 15) is 0 Å². The van der Waals surface area contributed by atoms with Crippen LogP contribution in [0.4, 0.5) is 0 Å². The van der Waals surface area contributed by atoms with Gasteiger partial charge in [0, 0.05) is 33.2 Å². The Morgan fingerprint density at radius 1 is 0.246 bits per heavy atom. The van der Waals surface area contributed by atoms with Crippen LogP contribution in [0.2, 0.25) is 0 Å². The van der Waals surface area contributed by atoms with Crippen molar-refractivity contribution in [2.45, 2.75) is 0 Å². The fourth-order valence-corrected chi connectivity index (χ4v) is 9.22. The van der Waals surface area contributed by atoms with Gasteiger partial charge in [0.1, 0.15) is 0 Å². The normalized spacial score (nSPS) is 11.6. The summed E-state index contributed by atoms with van der Waals surface area (Å²) in [6.45, 7) is 0. The van der Waals surface area contributed by atoms with Gasteiger partial charge in [-0.2, -0.15) is 0 Å². The summed E-state index contributed by atoms with van der Waals surface area (Å²) < 4.78 is 2.34. The number of hydrogen-bond donors (Lipinski definition) is 0. The Bertz CT molecular complexity index is 3570. The van der Waals surface area contributed by atoms with Crippen LogP contribution in [0.3, 0.4) is 0 Å². The molecule has 0 fully saturated rings. The molecule has 284 valence electrons. The third kappa shape index (κ3) is 5.88. The summed E-state index contributed by atoms with van der Waals surface area (Å²) in [6, 6.07) is 77.5. The summed E-state index contributed by atoms with van der Waals surface area (Å²) in [7, 11) is 0. The summed E-state index contributed by atoms with van der Waals surface area (Å²) in [5.41, 5.74) is 10.7. The van der Waals surface area contributed by atoms with Crippen LogP contribution in [0, 0.1) is 0 Å². The molecule has 10 aromatic carbocycles. The predicted octanol–water partition coefficient (Wildman–Crippen LogP) is 14.8. The molecule has 0 aliphatic heterocycles. The van der Waals surface area contributed by atoms with Gasteiger partial charge in [-0.25, -0.2) is 15.0 Å². The maximum Gasteiger partial charge on any atom is 0.164 e. The van der Waals surface area contributed by atoms with E-state index in [0.29, 0.717) is 17.5 Å². The third-order valence-electron chi connectivity index (χ3n) is 12.0. The molecule has 0 spiro atoms. The summed E-state index contributed by atoms with van der Waals surface area (Å²) in [6.07, 6.45) is 0. The molecule has 0 amide bonds. The number of para-hydroxylation sites is 2. The van der Waals surface area contributed by atoms with Gasteiger partial charge in [-0.15, -0.1) is 0 Å². The highest BCUT2D eigenvalue weighted by Gasteiger charge is 2.18. The van der Waals surface area contributed by atoms with Crippen molar-refractivity contribution >= 4 is 54.1 Å². The van der Waals surface area contributed by atoms with Gasteiger partial charge in [-0.1, -0.05) is 182 Å². The second-order valence-corrected chi connectivity index (χ2v) is 15.6. The SMILES string of the molecule is c1ccc(-c2ccccc2-c2cccc(-c3nc(-c4cccc(-n5c6ccccc6c6ccccc65)c4)nc(-c4ccc5c6ccccc6c6ccccc6c5c4)n3)c2)cc1. The molecule has 0 N–H and O–H groups in total. The van der Waals surface area contributed by atoms with Crippen LogP contribution in [0.25, 0.3) is 116 Å². The van der Waals surface area contributed by atoms with E-state index in [0.717, 1.165) is 44.5 Å². The van der Waals surface area contributed by atoms with Crippen molar-refractivity contribution in [1.29, 1.82) is 0 Å². The fraction of sp³-hybridized carbons (Fsp3) is 0. The highest BCUT2D eigenvalue weighted by Crippen LogP contribution is 2.39.